The Balaban J connectivity index is 1.55. The molecule has 2 heteroatoms. The molecular weight excluding hydrogens is 342 g/mol. The number of nitrogens with zero attached hydrogens (tertiary/aromatic N) is 1. The molecule has 0 spiro atoms. The summed E-state index contributed by atoms with van der Waals surface area (Å²) in [5, 5.41) is 0. The van der Waals surface area contributed by atoms with E-state index >= 15 is 0 Å². The number of hydrogen-bond donors (Lipinski definition) is 0. The fraction of sp³-hybridized carbons (Fsp3) is 0.462. The van der Waals surface area contributed by atoms with Crippen molar-refractivity contribution < 1.29 is 4.74 Å². The average molecular weight is 376 g/mol. The van der Waals surface area contributed by atoms with E-state index in [0.717, 1.165) is 19.4 Å². The van der Waals surface area contributed by atoms with Crippen LogP contribution in [-0.2, 0) is 4.74 Å². The molecule has 4 atom stereocenters. The van der Waals surface area contributed by atoms with Gasteiger partial charge in [0.2, 0.25) is 0 Å². The van der Waals surface area contributed by atoms with Crippen molar-refractivity contribution in [2.75, 3.05) is 6.54 Å². The van der Waals surface area contributed by atoms with Crippen LogP contribution in [0.2, 0.25) is 0 Å². The SMILES string of the molecule is C=CCN1[C@@H]2CC[C@H]1CC(OC(c1ccccc1)c1ccc(C(C)C)cc1)C2. The van der Waals surface area contributed by atoms with Gasteiger partial charge in [0.1, 0.15) is 6.10 Å². The van der Waals surface area contributed by atoms with Crippen LogP contribution in [0.25, 0.3) is 0 Å². The number of ether oxygens (including phenoxy) is 1. The van der Waals surface area contributed by atoms with Crippen LogP contribution in [0.5, 0.6) is 0 Å². The maximum atomic E-state index is 6.82. The van der Waals surface area contributed by atoms with Crippen LogP contribution < -0.4 is 0 Å². The van der Waals surface area contributed by atoms with Crippen molar-refractivity contribution >= 4 is 0 Å². The van der Waals surface area contributed by atoms with Gasteiger partial charge in [-0.3, -0.25) is 4.90 Å². The molecule has 2 saturated heterocycles. The molecule has 0 aliphatic carbocycles. The molecule has 2 aromatic rings. The number of hydrogen-bond acceptors (Lipinski definition) is 2. The summed E-state index contributed by atoms with van der Waals surface area (Å²) in [5.74, 6) is 0.551. The zero-order valence-electron chi connectivity index (χ0n) is 17.3. The van der Waals surface area contributed by atoms with Gasteiger partial charge in [-0.05, 0) is 48.3 Å². The van der Waals surface area contributed by atoms with Crippen LogP contribution in [0.15, 0.2) is 67.3 Å². The van der Waals surface area contributed by atoms with E-state index in [4.69, 9.17) is 4.74 Å². The minimum absolute atomic E-state index is 0.0118. The van der Waals surface area contributed by atoms with Crippen molar-refractivity contribution in [1.29, 1.82) is 0 Å². The molecular formula is C26H33NO. The standard InChI is InChI=1S/C26H33NO/c1-4-16-27-23-14-15-24(27)18-25(17-23)28-26(21-8-6-5-7-9-21)22-12-10-20(11-13-22)19(2)3/h4-13,19,23-26H,1,14-18H2,2-3H3/t23-,24+,25?,26?. The van der Waals surface area contributed by atoms with Crippen molar-refractivity contribution in [1.82, 2.24) is 4.90 Å². The molecule has 2 nitrogen and oxygen atoms in total. The van der Waals surface area contributed by atoms with Crippen LogP contribution in [0, 0.1) is 0 Å². The predicted molar refractivity (Wildman–Crippen MR) is 117 cm³/mol. The second-order valence-electron chi connectivity index (χ2n) is 8.71. The summed E-state index contributed by atoms with van der Waals surface area (Å²) in [5.41, 5.74) is 3.89. The lowest BCUT2D eigenvalue weighted by atomic mass is 9.95. The fourth-order valence-corrected chi connectivity index (χ4v) is 5.01. The Labute approximate surface area is 170 Å². The zero-order valence-corrected chi connectivity index (χ0v) is 17.3. The molecule has 2 fully saturated rings. The minimum atomic E-state index is 0.0118. The maximum Gasteiger partial charge on any atom is 0.108 e. The Kier molecular flexibility index (Phi) is 5.99. The molecule has 0 radical (unpaired) electrons. The third-order valence-electron chi connectivity index (χ3n) is 6.52. The predicted octanol–water partition coefficient (Wildman–Crippen LogP) is 6.10. The van der Waals surface area contributed by atoms with Crippen LogP contribution in [0.4, 0.5) is 0 Å². The molecule has 2 bridgehead atoms. The number of benzene rings is 2. The first-order chi connectivity index (χ1) is 13.7. The monoisotopic (exact) mass is 375 g/mol. The normalized spacial score (nSPS) is 25.8. The first kappa shape index (κ1) is 19.4. The number of rotatable bonds is 7. The van der Waals surface area contributed by atoms with Gasteiger partial charge < -0.3 is 4.74 Å². The average Bonchev–Trinajstić information content (AvgIpc) is 2.95. The van der Waals surface area contributed by atoms with Gasteiger partial charge in [-0.2, -0.15) is 0 Å². The number of piperidine rings is 1. The van der Waals surface area contributed by atoms with Crippen LogP contribution in [0.1, 0.15) is 68.2 Å². The van der Waals surface area contributed by atoms with E-state index < -0.39 is 0 Å². The van der Waals surface area contributed by atoms with Crippen LogP contribution in [-0.4, -0.2) is 29.6 Å². The molecule has 0 aromatic heterocycles. The molecule has 28 heavy (non-hydrogen) atoms. The van der Waals surface area contributed by atoms with Crippen molar-refractivity contribution in [3.05, 3.63) is 83.9 Å². The van der Waals surface area contributed by atoms with Gasteiger partial charge in [-0.25, -0.2) is 0 Å². The highest BCUT2D eigenvalue weighted by Crippen LogP contribution is 2.39. The zero-order chi connectivity index (χ0) is 19.5. The first-order valence-electron chi connectivity index (χ1n) is 10.8. The summed E-state index contributed by atoms with van der Waals surface area (Å²) in [6.07, 6.45) is 7.27. The van der Waals surface area contributed by atoms with Crippen molar-refractivity contribution in [2.24, 2.45) is 0 Å². The molecule has 0 N–H and O–H groups in total. The van der Waals surface area contributed by atoms with Crippen molar-refractivity contribution in [3.63, 3.8) is 0 Å². The first-order valence-corrected chi connectivity index (χ1v) is 10.8. The molecule has 2 aliphatic rings. The van der Waals surface area contributed by atoms with Crippen molar-refractivity contribution in [3.8, 4) is 0 Å². The summed E-state index contributed by atoms with van der Waals surface area (Å²) in [4.78, 5) is 2.64. The Morgan fingerprint density at radius 1 is 0.929 bits per heavy atom. The van der Waals surface area contributed by atoms with E-state index in [2.05, 4.69) is 86.0 Å². The lowest BCUT2D eigenvalue weighted by molar-refractivity contribution is -0.0457. The topological polar surface area (TPSA) is 12.5 Å². The summed E-state index contributed by atoms with van der Waals surface area (Å²) in [7, 11) is 0. The molecule has 2 aromatic carbocycles. The molecule has 0 saturated carbocycles. The van der Waals surface area contributed by atoms with E-state index in [1.54, 1.807) is 0 Å². The summed E-state index contributed by atoms with van der Waals surface area (Å²) in [6.45, 7) is 9.45. The molecule has 2 aliphatic heterocycles. The molecule has 148 valence electrons. The molecule has 2 unspecified atom stereocenters. The van der Waals surface area contributed by atoms with Gasteiger partial charge >= 0.3 is 0 Å². The lowest BCUT2D eigenvalue weighted by Gasteiger charge is -2.39. The van der Waals surface area contributed by atoms with E-state index in [1.165, 1.54) is 29.5 Å². The lowest BCUT2D eigenvalue weighted by Crippen LogP contribution is -2.45. The summed E-state index contributed by atoms with van der Waals surface area (Å²) in [6, 6.07) is 21.0. The summed E-state index contributed by atoms with van der Waals surface area (Å²) >= 11 is 0. The fourth-order valence-electron chi connectivity index (χ4n) is 5.01. The highest BCUT2D eigenvalue weighted by Gasteiger charge is 2.41. The van der Waals surface area contributed by atoms with Gasteiger partial charge in [-0.1, -0.05) is 74.5 Å². The Bertz CT molecular complexity index is 753. The van der Waals surface area contributed by atoms with Crippen molar-refractivity contribution in [2.45, 2.75) is 69.7 Å². The maximum absolute atomic E-state index is 6.82. The minimum Gasteiger partial charge on any atom is -0.365 e. The Morgan fingerprint density at radius 2 is 1.50 bits per heavy atom. The number of fused-ring (bicyclic) bond motifs is 2. The van der Waals surface area contributed by atoms with Gasteiger partial charge in [0.15, 0.2) is 0 Å². The molecule has 4 rings (SSSR count). The van der Waals surface area contributed by atoms with E-state index in [0.29, 0.717) is 24.1 Å². The third-order valence-corrected chi connectivity index (χ3v) is 6.52. The van der Waals surface area contributed by atoms with Gasteiger partial charge in [-0.15, -0.1) is 6.58 Å². The summed E-state index contributed by atoms with van der Waals surface area (Å²) < 4.78 is 6.82. The van der Waals surface area contributed by atoms with Crippen LogP contribution in [0.3, 0.4) is 0 Å². The highest BCUT2D eigenvalue weighted by molar-refractivity contribution is 5.33. The molecule has 2 heterocycles. The van der Waals surface area contributed by atoms with Crippen LogP contribution >= 0.6 is 0 Å². The highest BCUT2D eigenvalue weighted by atomic mass is 16.5. The quantitative estimate of drug-likeness (QED) is 0.542. The largest absolute Gasteiger partial charge is 0.365 e. The third kappa shape index (κ3) is 4.09. The van der Waals surface area contributed by atoms with Gasteiger partial charge in [0, 0.05) is 18.6 Å². The Morgan fingerprint density at radius 3 is 2.07 bits per heavy atom. The van der Waals surface area contributed by atoms with E-state index in [-0.39, 0.29) is 6.10 Å². The molecule has 0 amide bonds. The Hall–Kier alpha value is -1.90. The second kappa shape index (κ2) is 8.63. The van der Waals surface area contributed by atoms with Gasteiger partial charge in [0.05, 0.1) is 6.10 Å². The second-order valence-corrected chi connectivity index (χ2v) is 8.71. The van der Waals surface area contributed by atoms with E-state index in [1.807, 2.05) is 0 Å². The van der Waals surface area contributed by atoms with Gasteiger partial charge in [0.25, 0.3) is 0 Å². The smallest absolute Gasteiger partial charge is 0.108 e. The van der Waals surface area contributed by atoms with E-state index in [9.17, 15) is 0 Å².